The molecule has 0 amide bonds. The molecule has 0 bridgehead atoms. The van der Waals surface area contributed by atoms with E-state index in [4.69, 9.17) is 10.5 Å². The molecule has 18 heavy (non-hydrogen) atoms. The summed E-state index contributed by atoms with van der Waals surface area (Å²) in [5.74, 6) is 0.568. The summed E-state index contributed by atoms with van der Waals surface area (Å²) >= 11 is 0. The van der Waals surface area contributed by atoms with Crippen LogP contribution in [-0.2, 0) is 7.05 Å². The van der Waals surface area contributed by atoms with Gasteiger partial charge in [-0.3, -0.25) is 4.68 Å². The van der Waals surface area contributed by atoms with Crippen LogP contribution in [0, 0.1) is 0 Å². The number of benzene rings is 1. The Morgan fingerprint density at radius 1 is 1.44 bits per heavy atom. The van der Waals surface area contributed by atoms with Crippen molar-refractivity contribution >= 4 is 5.69 Å². The predicted molar refractivity (Wildman–Crippen MR) is 62.4 cm³/mol. The molecule has 0 spiro atoms. The first-order valence-electron chi connectivity index (χ1n) is 5.23. The van der Waals surface area contributed by atoms with Gasteiger partial charge in [0.15, 0.2) is 11.6 Å². The number of rotatable bonds is 4. The lowest BCUT2D eigenvalue weighted by atomic mass is 10.1. The van der Waals surface area contributed by atoms with Crippen molar-refractivity contribution in [3.05, 3.63) is 24.5 Å². The average molecular weight is 254 g/mol. The number of halogens is 2. The Hall–Kier alpha value is -2.18. The van der Waals surface area contributed by atoms with Crippen LogP contribution < -0.4 is 10.5 Å². The molecule has 0 radical (unpaired) electrons. The fraction of sp³-hybridized carbons (Fsp3) is 0.273. The smallest absolute Gasteiger partial charge is 0.272 e. The summed E-state index contributed by atoms with van der Waals surface area (Å²) in [6, 6.07) is 4.94. The van der Waals surface area contributed by atoms with E-state index < -0.39 is 13.0 Å². The monoisotopic (exact) mass is 254 g/mol. The Balaban J connectivity index is 2.37. The van der Waals surface area contributed by atoms with Crippen LogP contribution in [0.25, 0.3) is 11.4 Å². The zero-order valence-electron chi connectivity index (χ0n) is 9.68. The molecule has 1 heterocycles. The summed E-state index contributed by atoms with van der Waals surface area (Å²) in [5.41, 5.74) is 6.49. The molecule has 2 aromatic rings. The number of ether oxygens (including phenoxy) is 1. The molecule has 0 unspecified atom stereocenters. The van der Waals surface area contributed by atoms with Crippen LogP contribution >= 0.6 is 0 Å². The van der Waals surface area contributed by atoms with Crippen LogP contribution in [0.1, 0.15) is 0 Å². The van der Waals surface area contributed by atoms with Gasteiger partial charge in [0.05, 0.1) is 11.3 Å². The molecule has 1 aromatic carbocycles. The Morgan fingerprint density at radius 2 is 2.22 bits per heavy atom. The zero-order chi connectivity index (χ0) is 13.1. The SMILES string of the molecule is Cn1cnc(-c2cccc(N)c2OCC(F)F)n1. The molecule has 7 heteroatoms. The number of nitrogens with two attached hydrogens (primary N) is 1. The number of anilines is 1. The average Bonchev–Trinajstić information content (AvgIpc) is 2.73. The van der Waals surface area contributed by atoms with Gasteiger partial charge in [-0.05, 0) is 12.1 Å². The normalized spacial score (nSPS) is 10.9. The first-order valence-corrected chi connectivity index (χ1v) is 5.23. The third kappa shape index (κ3) is 2.55. The number of nitrogen functional groups attached to an aromatic ring is 1. The molecule has 5 nitrogen and oxygen atoms in total. The molecule has 0 saturated heterocycles. The topological polar surface area (TPSA) is 66.0 Å². The summed E-state index contributed by atoms with van der Waals surface area (Å²) in [5, 5.41) is 4.09. The van der Waals surface area contributed by atoms with Crippen LogP contribution in [0.4, 0.5) is 14.5 Å². The predicted octanol–water partition coefficient (Wildman–Crippen LogP) is 1.71. The molecular formula is C11H12F2N4O. The number of para-hydroxylation sites is 1. The van der Waals surface area contributed by atoms with Crippen LogP contribution in [0.2, 0.25) is 0 Å². The van der Waals surface area contributed by atoms with E-state index >= 15 is 0 Å². The molecule has 0 saturated carbocycles. The fourth-order valence-electron chi connectivity index (χ4n) is 1.50. The minimum Gasteiger partial charge on any atom is -0.485 e. The van der Waals surface area contributed by atoms with E-state index in [9.17, 15) is 8.78 Å². The maximum Gasteiger partial charge on any atom is 0.272 e. The molecule has 0 fully saturated rings. The molecule has 96 valence electrons. The van der Waals surface area contributed by atoms with Crippen molar-refractivity contribution in [1.82, 2.24) is 14.8 Å². The van der Waals surface area contributed by atoms with Crippen LogP contribution in [0.3, 0.4) is 0 Å². The Labute approximate surface area is 102 Å². The van der Waals surface area contributed by atoms with E-state index in [0.29, 0.717) is 11.4 Å². The molecular weight excluding hydrogens is 242 g/mol. The van der Waals surface area contributed by atoms with Crippen molar-refractivity contribution < 1.29 is 13.5 Å². The number of hydrogen-bond acceptors (Lipinski definition) is 4. The second-order valence-corrected chi connectivity index (χ2v) is 3.67. The number of alkyl halides is 2. The molecule has 0 atom stereocenters. The molecule has 0 aliphatic heterocycles. The molecule has 2 N–H and O–H groups in total. The third-order valence-electron chi connectivity index (χ3n) is 2.24. The van der Waals surface area contributed by atoms with Crippen LogP contribution in [0.5, 0.6) is 5.75 Å². The largest absolute Gasteiger partial charge is 0.485 e. The maximum absolute atomic E-state index is 12.2. The minimum absolute atomic E-state index is 0.184. The fourth-order valence-corrected chi connectivity index (χ4v) is 1.50. The number of aromatic nitrogens is 3. The van der Waals surface area contributed by atoms with Gasteiger partial charge in [-0.2, -0.15) is 5.10 Å². The zero-order valence-corrected chi connectivity index (χ0v) is 9.68. The second-order valence-electron chi connectivity index (χ2n) is 3.67. The van der Waals surface area contributed by atoms with Crippen molar-refractivity contribution in [2.24, 2.45) is 7.05 Å². The summed E-state index contributed by atoms with van der Waals surface area (Å²) in [6.45, 7) is -0.714. The lowest BCUT2D eigenvalue weighted by Gasteiger charge is -2.11. The first kappa shape index (κ1) is 12.3. The van der Waals surface area contributed by atoms with E-state index in [0.717, 1.165) is 0 Å². The number of hydrogen-bond donors (Lipinski definition) is 1. The van der Waals surface area contributed by atoms with Crippen molar-refractivity contribution in [2.45, 2.75) is 6.43 Å². The second kappa shape index (κ2) is 4.99. The molecule has 2 rings (SSSR count). The number of aryl methyl sites for hydroxylation is 1. The van der Waals surface area contributed by atoms with E-state index in [2.05, 4.69) is 10.1 Å². The highest BCUT2D eigenvalue weighted by Crippen LogP contribution is 2.33. The highest BCUT2D eigenvalue weighted by molar-refractivity contribution is 5.72. The van der Waals surface area contributed by atoms with Crippen molar-refractivity contribution in [3.8, 4) is 17.1 Å². The van der Waals surface area contributed by atoms with Gasteiger partial charge in [-0.25, -0.2) is 13.8 Å². The van der Waals surface area contributed by atoms with E-state index in [1.165, 1.54) is 11.0 Å². The van der Waals surface area contributed by atoms with Gasteiger partial charge in [0.1, 0.15) is 12.9 Å². The molecule has 1 aromatic heterocycles. The van der Waals surface area contributed by atoms with Crippen molar-refractivity contribution in [2.75, 3.05) is 12.3 Å². The Morgan fingerprint density at radius 3 is 2.83 bits per heavy atom. The van der Waals surface area contributed by atoms with E-state index in [-0.39, 0.29) is 11.4 Å². The number of nitrogens with zero attached hydrogens (tertiary/aromatic N) is 3. The minimum atomic E-state index is -2.56. The molecule has 0 aliphatic rings. The van der Waals surface area contributed by atoms with Gasteiger partial charge in [-0.1, -0.05) is 6.07 Å². The highest BCUT2D eigenvalue weighted by Gasteiger charge is 2.15. The summed E-state index contributed by atoms with van der Waals surface area (Å²) in [6.07, 6.45) is -1.05. The summed E-state index contributed by atoms with van der Waals surface area (Å²) in [7, 11) is 1.71. The van der Waals surface area contributed by atoms with Gasteiger partial charge in [0, 0.05) is 7.05 Å². The highest BCUT2D eigenvalue weighted by atomic mass is 19.3. The summed E-state index contributed by atoms with van der Waals surface area (Å²) < 4.78 is 30.9. The van der Waals surface area contributed by atoms with Crippen molar-refractivity contribution in [3.63, 3.8) is 0 Å². The van der Waals surface area contributed by atoms with E-state index in [1.807, 2.05) is 0 Å². The van der Waals surface area contributed by atoms with Gasteiger partial charge < -0.3 is 10.5 Å². The van der Waals surface area contributed by atoms with Crippen LogP contribution in [-0.4, -0.2) is 27.8 Å². The van der Waals surface area contributed by atoms with Gasteiger partial charge in [0.25, 0.3) is 6.43 Å². The Bertz CT molecular complexity index is 542. The van der Waals surface area contributed by atoms with Gasteiger partial charge in [-0.15, -0.1) is 0 Å². The maximum atomic E-state index is 12.2. The Kier molecular flexibility index (Phi) is 3.40. The first-order chi connectivity index (χ1) is 8.58. The van der Waals surface area contributed by atoms with Crippen molar-refractivity contribution in [1.29, 1.82) is 0 Å². The standard InChI is InChI=1S/C11H12F2N4O/c1-17-6-15-11(16-17)7-3-2-4-8(14)10(7)18-5-9(12)13/h2-4,6,9H,5,14H2,1H3. The summed E-state index contributed by atoms with van der Waals surface area (Å²) in [4.78, 5) is 4.04. The van der Waals surface area contributed by atoms with Gasteiger partial charge in [0.2, 0.25) is 0 Å². The lowest BCUT2D eigenvalue weighted by molar-refractivity contribution is 0.0825. The van der Waals surface area contributed by atoms with Crippen LogP contribution in [0.15, 0.2) is 24.5 Å². The third-order valence-corrected chi connectivity index (χ3v) is 2.24. The molecule has 0 aliphatic carbocycles. The van der Waals surface area contributed by atoms with E-state index in [1.54, 1.807) is 25.2 Å². The van der Waals surface area contributed by atoms with Gasteiger partial charge >= 0.3 is 0 Å². The quantitative estimate of drug-likeness (QED) is 0.843. The lowest BCUT2D eigenvalue weighted by Crippen LogP contribution is -2.09.